The number of carbonyl (C=O) groups is 1. The molecule has 180 valence electrons. The Bertz CT molecular complexity index is 892. The van der Waals surface area contributed by atoms with Gasteiger partial charge in [-0.05, 0) is 12.1 Å². The second kappa shape index (κ2) is 13.8. The average Bonchev–Trinajstić information content (AvgIpc) is 3.30. The predicted molar refractivity (Wildman–Crippen MR) is 122 cm³/mol. The lowest BCUT2D eigenvalue weighted by Crippen LogP contribution is -2.31. The zero-order valence-electron chi connectivity index (χ0n) is 18.5. The van der Waals surface area contributed by atoms with Gasteiger partial charge in [-0.15, -0.1) is 21.6 Å². The van der Waals surface area contributed by atoms with Gasteiger partial charge in [-0.1, -0.05) is 0 Å². The van der Waals surface area contributed by atoms with E-state index in [1.54, 1.807) is 13.2 Å². The summed E-state index contributed by atoms with van der Waals surface area (Å²) in [5.74, 6) is -0.471. The van der Waals surface area contributed by atoms with Gasteiger partial charge in [0.1, 0.15) is 5.75 Å². The van der Waals surface area contributed by atoms with Crippen LogP contribution in [-0.2, 0) is 18.9 Å². The van der Waals surface area contributed by atoms with Gasteiger partial charge in [-0.2, -0.15) is 0 Å². The van der Waals surface area contributed by atoms with Crippen molar-refractivity contribution in [2.45, 2.75) is 0 Å². The Kier molecular flexibility index (Phi) is 10.5. The normalized spacial score (nSPS) is 17.4. The van der Waals surface area contributed by atoms with Crippen LogP contribution in [0.1, 0.15) is 10.5 Å². The molecule has 1 N–H and O–H groups in total. The topological polar surface area (TPSA) is 124 Å². The first-order valence-corrected chi connectivity index (χ1v) is 11.4. The van der Waals surface area contributed by atoms with Crippen molar-refractivity contribution in [1.29, 1.82) is 0 Å². The van der Waals surface area contributed by atoms with Gasteiger partial charge in [0.2, 0.25) is 5.13 Å². The minimum Gasteiger partial charge on any atom is -0.495 e. The van der Waals surface area contributed by atoms with Crippen molar-refractivity contribution in [2.75, 3.05) is 78.0 Å². The van der Waals surface area contributed by atoms with E-state index < -0.39 is 5.97 Å². The number of azo groups is 1. The Balaban J connectivity index is 1.68. The second-order valence-electron chi connectivity index (χ2n) is 6.81. The summed E-state index contributed by atoms with van der Waals surface area (Å²) in [6.07, 6.45) is 0. The monoisotopic (exact) mass is 480 g/mol. The number of benzene rings is 1. The number of anilines is 1. The molecule has 0 amide bonds. The number of carboxylic acids is 1. The molecule has 0 radical (unpaired) electrons. The summed E-state index contributed by atoms with van der Waals surface area (Å²) in [5.41, 5.74) is 1.38. The molecule has 1 aliphatic rings. The first-order chi connectivity index (χ1) is 16.2. The fourth-order valence-electron chi connectivity index (χ4n) is 2.96. The lowest BCUT2D eigenvalue weighted by molar-refractivity contribution is 0.00206. The molecular weight excluding hydrogens is 452 g/mol. The molecule has 12 heteroatoms. The zero-order valence-corrected chi connectivity index (χ0v) is 19.3. The molecule has 2 aromatic rings. The second-order valence-corrected chi connectivity index (χ2v) is 7.65. The molecule has 1 fully saturated rings. The number of thiazole rings is 1. The highest BCUT2D eigenvalue weighted by molar-refractivity contribution is 7.13. The summed E-state index contributed by atoms with van der Waals surface area (Å²) in [5, 5.41) is 18.8. The van der Waals surface area contributed by atoms with Gasteiger partial charge in [-0.25, -0.2) is 9.78 Å². The van der Waals surface area contributed by atoms with E-state index in [-0.39, 0.29) is 10.8 Å². The van der Waals surface area contributed by atoms with Crippen LogP contribution in [0.5, 0.6) is 5.75 Å². The lowest BCUT2D eigenvalue weighted by atomic mass is 10.2. The molecule has 0 atom stereocenters. The lowest BCUT2D eigenvalue weighted by Gasteiger charge is -2.26. The van der Waals surface area contributed by atoms with Gasteiger partial charge in [-0.3, -0.25) is 0 Å². The van der Waals surface area contributed by atoms with Crippen molar-refractivity contribution in [3.05, 3.63) is 29.3 Å². The fourth-order valence-corrected chi connectivity index (χ4v) is 3.57. The van der Waals surface area contributed by atoms with E-state index in [2.05, 4.69) is 20.1 Å². The third kappa shape index (κ3) is 8.33. The summed E-state index contributed by atoms with van der Waals surface area (Å²) in [4.78, 5) is 17.0. The summed E-state index contributed by atoms with van der Waals surface area (Å²) >= 11 is 1.11. The average molecular weight is 481 g/mol. The third-order valence-corrected chi connectivity index (χ3v) is 5.32. The molecule has 33 heavy (non-hydrogen) atoms. The van der Waals surface area contributed by atoms with E-state index in [0.29, 0.717) is 77.4 Å². The number of rotatable bonds is 5. The smallest absolute Gasteiger partial charge is 0.355 e. The fraction of sp³-hybridized carbons (Fsp3) is 0.524. The molecule has 1 saturated heterocycles. The molecule has 0 spiro atoms. The van der Waals surface area contributed by atoms with Crippen LogP contribution in [0.4, 0.5) is 16.5 Å². The van der Waals surface area contributed by atoms with Gasteiger partial charge in [0, 0.05) is 24.5 Å². The molecule has 0 saturated carbocycles. The highest BCUT2D eigenvalue weighted by Crippen LogP contribution is 2.33. The molecule has 3 rings (SSSR count). The first-order valence-electron chi connectivity index (χ1n) is 10.5. The number of nitrogens with zero attached hydrogens (tertiary/aromatic N) is 4. The van der Waals surface area contributed by atoms with Crippen molar-refractivity contribution in [3.63, 3.8) is 0 Å². The first kappa shape index (κ1) is 25.0. The van der Waals surface area contributed by atoms with E-state index in [0.717, 1.165) is 17.0 Å². The van der Waals surface area contributed by atoms with Crippen LogP contribution in [-0.4, -0.2) is 89.1 Å². The number of ether oxygens (including phenoxy) is 5. The molecular formula is C21H28N4O7S. The highest BCUT2D eigenvalue weighted by Gasteiger charge is 2.14. The number of methoxy groups -OCH3 is 1. The van der Waals surface area contributed by atoms with Crippen LogP contribution in [0.3, 0.4) is 0 Å². The van der Waals surface area contributed by atoms with Gasteiger partial charge in [0.25, 0.3) is 0 Å². The number of hydrogen-bond donors (Lipinski definition) is 1. The molecule has 1 aliphatic heterocycles. The van der Waals surface area contributed by atoms with E-state index in [9.17, 15) is 4.79 Å². The Hall–Kier alpha value is -2.64. The maximum Gasteiger partial charge on any atom is 0.355 e. The molecule has 0 aliphatic carbocycles. The minimum atomic E-state index is -1.10. The summed E-state index contributed by atoms with van der Waals surface area (Å²) in [6.45, 7) is 5.51. The molecule has 11 nitrogen and oxygen atoms in total. The van der Waals surface area contributed by atoms with Crippen molar-refractivity contribution in [2.24, 2.45) is 10.2 Å². The SMILES string of the molecule is COc1cc(N=Nc2nc(C(=O)O)cs2)ccc1N1CCOCCOCCOCCOCC1. The van der Waals surface area contributed by atoms with E-state index >= 15 is 0 Å². The summed E-state index contributed by atoms with van der Waals surface area (Å²) in [6, 6.07) is 5.48. The van der Waals surface area contributed by atoms with E-state index in [1.165, 1.54) is 5.38 Å². The van der Waals surface area contributed by atoms with E-state index in [4.69, 9.17) is 28.8 Å². The van der Waals surface area contributed by atoms with Gasteiger partial charge in [0.15, 0.2) is 5.69 Å². The van der Waals surface area contributed by atoms with Crippen molar-refractivity contribution < 1.29 is 33.6 Å². The molecule has 1 aromatic carbocycles. The number of aromatic nitrogens is 1. The number of hydrogen-bond acceptors (Lipinski definition) is 11. The van der Waals surface area contributed by atoms with E-state index in [1.807, 2.05) is 12.1 Å². The summed E-state index contributed by atoms with van der Waals surface area (Å²) in [7, 11) is 1.59. The Labute approximate surface area is 195 Å². The molecule has 2 heterocycles. The largest absolute Gasteiger partial charge is 0.495 e. The van der Waals surface area contributed by atoms with Crippen molar-refractivity contribution in [1.82, 2.24) is 4.98 Å². The third-order valence-electron chi connectivity index (χ3n) is 4.59. The molecule has 0 bridgehead atoms. The Morgan fingerprint density at radius 1 is 1.00 bits per heavy atom. The van der Waals surface area contributed by atoms with Crippen molar-refractivity contribution >= 4 is 33.8 Å². The van der Waals surface area contributed by atoms with Crippen LogP contribution in [0.25, 0.3) is 0 Å². The number of aromatic carboxylic acids is 1. The maximum absolute atomic E-state index is 11.0. The highest BCUT2D eigenvalue weighted by atomic mass is 32.1. The van der Waals surface area contributed by atoms with Gasteiger partial charge < -0.3 is 33.7 Å². The van der Waals surface area contributed by atoms with Crippen LogP contribution in [0.2, 0.25) is 0 Å². The van der Waals surface area contributed by atoms with Gasteiger partial charge in [0.05, 0.1) is 71.3 Å². The van der Waals surface area contributed by atoms with Crippen LogP contribution in [0, 0.1) is 0 Å². The summed E-state index contributed by atoms with van der Waals surface area (Å²) < 4.78 is 27.9. The standard InChI is InChI=1S/C21H28N4O7S/c1-28-19-14-16(23-24-21-22-17(15-33-21)20(26)27)2-3-18(19)25-4-6-29-8-10-31-12-13-32-11-9-30-7-5-25/h2-3,14-15H,4-13H2,1H3,(H,26,27). The number of carboxylic acid groups (broad SMARTS) is 1. The van der Waals surface area contributed by atoms with Crippen LogP contribution in [0.15, 0.2) is 33.8 Å². The quantitative estimate of drug-likeness (QED) is 0.643. The minimum absolute atomic E-state index is 0.0540. The predicted octanol–water partition coefficient (Wildman–Crippen LogP) is 3.15. The maximum atomic E-state index is 11.0. The van der Waals surface area contributed by atoms with Crippen molar-refractivity contribution in [3.8, 4) is 5.75 Å². The Morgan fingerprint density at radius 2 is 1.61 bits per heavy atom. The van der Waals surface area contributed by atoms with Crippen LogP contribution >= 0.6 is 11.3 Å². The molecule has 0 unspecified atom stereocenters. The van der Waals surface area contributed by atoms with Crippen LogP contribution < -0.4 is 9.64 Å². The zero-order chi connectivity index (χ0) is 23.3. The Morgan fingerprint density at radius 3 is 2.15 bits per heavy atom. The van der Waals surface area contributed by atoms with Gasteiger partial charge >= 0.3 is 5.97 Å². The molecule has 1 aromatic heterocycles.